The van der Waals surface area contributed by atoms with Crippen molar-refractivity contribution in [3.05, 3.63) is 40.4 Å². The predicted molar refractivity (Wildman–Crippen MR) is 98.5 cm³/mol. The summed E-state index contributed by atoms with van der Waals surface area (Å²) >= 11 is 0. The van der Waals surface area contributed by atoms with E-state index in [-0.39, 0.29) is 24.0 Å². The number of aromatic nitrogens is 2. The van der Waals surface area contributed by atoms with E-state index in [1.165, 1.54) is 7.11 Å². The molecule has 0 aliphatic carbocycles. The van der Waals surface area contributed by atoms with Gasteiger partial charge in [-0.05, 0) is 37.9 Å². The van der Waals surface area contributed by atoms with Gasteiger partial charge in [0.2, 0.25) is 0 Å². The van der Waals surface area contributed by atoms with Crippen molar-refractivity contribution < 1.29 is 9.53 Å². The molecule has 0 aliphatic heterocycles. The summed E-state index contributed by atoms with van der Waals surface area (Å²) in [5.41, 5.74) is 0.633. The van der Waals surface area contributed by atoms with Crippen LogP contribution in [0.25, 0.3) is 10.9 Å². The Kier molecular flexibility index (Phi) is 6.70. The molecule has 2 rings (SSSR count). The number of esters is 1. The fourth-order valence-corrected chi connectivity index (χ4v) is 2.72. The van der Waals surface area contributed by atoms with E-state index < -0.39 is 0 Å². The number of nitrogens with zero attached hydrogens (tertiary/aromatic N) is 2. The summed E-state index contributed by atoms with van der Waals surface area (Å²) in [7, 11) is 1.37. The summed E-state index contributed by atoms with van der Waals surface area (Å²) in [5.74, 6) is 0.936. The Bertz CT molecular complexity index is 783. The molecule has 6 heteroatoms. The van der Waals surface area contributed by atoms with Crippen molar-refractivity contribution in [2.24, 2.45) is 5.92 Å². The molecular formula is C19H27N3O3. The number of methoxy groups -OCH3 is 1. The third kappa shape index (κ3) is 4.89. The molecule has 6 nitrogen and oxygen atoms in total. The highest BCUT2D eigenvalue weighted by Gasteiger charge is 2.16. The molecule has 1 aromatic carbocycles. The van der Waals surface area contributed by atoms with E-state index in [9.17, 15) is 9.59 Å². The van der Waals surface area contributed by atoms with Crippen LogP contribution in [-0.2, 0) is 16.1 Å². The van der Waals surface area contributed by atoms with Crippen LogP contribution in [0.2, 0.25) is 0 Å². The number of benzene rings is 1. The van der Waals surface area contributed by atoms with Crippen LogP contribution in [0.5, 0.6) is 0 Å². The first-order valence-corrected chi connectivity index (χ1v) is 8.73. The molecule has 1 N–H and O–H groups in total. The molecular weight excluding hydrogens is 318 g/mol. The van der Waals surface area contributed by atoms with Gasteiger partial charge < -0.3 is 10.1 Å². The Morgan fingerprint density at radius 1 is 1.28 bits per heavy atom. The second-order valence-electron chi connectivity index (χ2n) is 6.65. The third-order valence-electron chi connectivity index (χ3n) is 4.10. The number of nitrogens with one attached hydrogen (secondary N) is 1. The molecule has 0 spiro atoms. The first kappa shape index (κ1) is 19.1. The van der Waals surface area contributed by atoms with Gasteiger partial charge in [0, 0.05) is 13.0 Å². The highest BCUT2D eigenvalue weighted by molar-refractivity contribution is 5.77. The van der Waals surface area contributed by atoms with E-state index in [0.29, 0.717) is 35.6 Å². The molecule has 25 heavy (non-hydrogen) atoms. The lowest BCUT2D eigenvalue weighted by Gasteiger charge is -2.20. The molecule has 0 bridgehead atoms. The second-order valence-corrected chi connectivity index (χ2v) is 6.65. The van der Waals surface area contributed by atoms with Gasteiger partial charge >= 0.3 is 5.97 Å². The summed E-state index contributed by atoms with van der Waals surface area (Å²) in [5, 5.41) is 4.02. The van der Waals surface area contributed by atoms with Crippen molar-refractivity contribution in [2.45, 2.75) is 46.2 Å². The van der Waals surface area contributed by atoms with Crippen LogP contribution in [-0.4, -0.2) is 29.2 Å². The number of rotatable bonds is 8. The summed E-state index contributed by atoms with van der Waals surface area (Å²) in [6.07, 6.45) is 0.819. The van der Waals surface area contributed by atoms with Crippen LogP contribution >= 0.6 is 0 Å². The highest BCUT2D eigenvalue weighted by atomic mass is 16.5. The van der Waals surface area contributed by atoms with Gasteiger partial charge in [-0.15, -0.1) is 0 Å². The molecule has 1 unspecified atom stereocenters. The summed E-state index contributed by atoms with van der Waals surface area (Å²) < 4.78 is 6.36. The molecule has 0 saturated carbocycles. The number of carbonyl (C=O) groups is 1. The van der Waals surface area contributed by atoms with Crippen molar-refractivity contribution in [3.63, 3.8) is 0 Å². The maximum absolute atomic E-state index is 12.9. The van der Waals surface area contributed by atoms with Crippen molar-refractivity contribution in [3.8, 4) is 0 Å². The minimum Gasteiger partial charge on any atom is -0.469 e. The van der Waals surface area contributed by atoms with Gasteiger partial charge in [-0.3, -0.25) is 14.2 Å². The molecule has 0 aliphatic rings. The Morgan fingerprint density at radius 3 is 2.68 bits per heavy atom. The SMILES string of the molecule is COC(=O)CCCn1c(C(C)NCC(C)C)nc2ccccc2c1=O. The van der Waals surface area contributed by atoms with Gasteiger partial charge in [0.15, 0.2) is 0 Å². The van der Waals surface area contributed by atoms with Crippen LogP contribution < -0.4 is 10.9 Å². The predicted octanol–water partition coefficient (Wildman–Crippen LogP) is 2.66. The lowest BCUT2D eigenvalue weighted by atomic mass is 10.2. The summed E-state index contributed by atoms with van der Waals surface area (Å²) in [4.78, 5) is 29.0. The van der Waals surface area contributed by atoms with Crippen LogP contribution in [0.15, 0.2) is 29.1 Å². The number of hydrogen-bond acceptors (Lipinski definition) is 5. The lowest BCUT2D eigenvalue weighted by Crippen LogP contribution is -2.32. The first-order valence-electron chi connectivity index (χ1n) is 8.73. The van der Waals surface area contributed by atoms with E-state index >= 15 is 0 Å². The average molecular weight is 345 g/mol. The molecule has 1 atom stereocenters. The number of fused-ring (bicyclic) bond motifs is 1. The smallest absolute Gasteiger partial charge is 0.305 e. The topological polar surface area (TPSA) is 73.2 Å². The molecule has 0 saturated heterocycles. The Labute approximate surface area is 148 Å². The number of hydrogen-bond donors (Lipinski definition) is 1. The monoisotopic (exact) mass is 345 g/mol. The van der Waals surface area contributed by atoms with E-state index in [1.807, 2.05) is 25.1 Å². The number of para-hydroxylation sites is 1. The van der Waals surface area contributed by atoms with Gasteiger partial charge in [-0.1, -0.05) is 26.0 Å². The minimum absolute atomic E-state index is 0.0576. The minimum atomic E-state index is -0.269. The molecule has 0 fully saturated rings. The lowest BCUT2D eigenvalue weighted by molar-refractivity contribution is -0.140. The van der Waals surface area contributed by atoms with Gasteiger partial charge in [0.1, 0.15) is 5.82 Å². The zero-order valence-corrected chi connectivity index (χ0v) is 15.4. The first-order chi connectivity index (χ1) is 11.9. The molecule has 1 aromatic heterocycles. The van der Waals surface area contributed by atoms with Crippen molar-refractivity contribution >= 4 is 16.9 Å². The standard InChI is InChI=1S/C19H27N3O3/c1-13(2)12-20-14(3)18-21-16-9-6-5-8-15(16)19(24)22(18)11-7-10-17(23)25-4/h5-6,8-9,13-14,20H,7,10-12H2,1-4H3. The van der Waals surface area contributed by atoms with Gasteiger partial charge in [-0.2, -0.15) is 0 Å². The molecule has 0 amide bonds. The molecule has 2 aromatic rings. The number of ether oxygens (including phenoxy) is 1. The van der Waals surface area contributed by atoms with E-state index in [1.54, 1.807) is 10.6 Å². The van der Waals surface area contributed by atoms with Gasteiger partial charge in [-0.25, -0.2) is 4.98 Å². The fraction of sp³-hybridized carbons (Fsp3) is 0.526. The molecule has 1 heterocycles. The zero-order valence-electron chi connectivity index (χ0n) is 15.4. The van der Waals surface area contributed by atoms with Crippen LogP contribution in [0.3, 0.4) is 0 Å². The van der Waals surface area contributed by atoms with Crippen molar-refractivity contribution in [1.29, 1.82) is 0 Å². The normalized spacial score (nSPS) is 12.5. The Morgan fingerprint density at radius 2 is 2.00 bits per heavy atom. The second kappa shape index (κ2) is 8.76. The fourth-order valence-electron chi connectivity index (χ4n) is 2.72. The average Bonchev–Trinajstić information content (AvgIpc) is 2.61. The van der Waals surface area contributed by atoms with Gasteiger partial charge in [0.25, 0.3) is 5.56 Å². The van der Waals surface area contributed by atoms with Gasteiger partial charge in [0.05, 0.1) is 24.1 Å². The molecule has 0 radical (unpaired) electrons. The number of carbonyl (C=O) groups excluding carboxylic acids is 1. The van der Waals surface area contributed by atoms with Crippen molar-refractivity contribution in [1.82, 2.24) is 14.9 Å². The van der Waals surface area contributed by atoms with Crippen LogP contribution in [0, 0.1) is 5.92 Å². The quantitative estimate of drug-likeness (QED) is 0.745. The highest BCUT2D eigenvalue weighted by Crippen LogP contribution is 2.15. The van der Waals surface area contributed by atoms with E-state index in [4.69, 9.17) is 4.98 Å². The van der Waals surface area contributed by atoms with Crippen LogP contribution in [0.4, 0.5) is 0 Å². The zero-order chi connectivity index (χ0) is 18.4. The summed E-state index contributed by atoms with van der Waals surface area (Å²) in [6, 6.07) is 7.31. The summed E-state index contributed by atoms with van der Waals surface area (Å²) in [6.45, 7) is 7.56. The maximum atomic E-state index is 12.9. The Hall–Kier alpha value is -2.21. The third-order valence-corrected chi connectivity index (χ3v) is 4.10. The Balaban J connectivity index is 2.36. The van der Waals surface area contributed by atoms with E-state index in [0.717, 1.165) is 6.54 Å². The largest absolute Gasteiger partial charge is 0.469 e. The maximum Gasteiger partial charge on any atom is 0.305 e. The van der Waals surface area contributed by atoms with Crippen molar-refractivity contribution in [2.75, 3.05) is 13.7 Å². The van der Waals surface area contributed by atoms with E-state index in [2.05, 4.69) is 23.9 Å². The molecule has 136 valence electrons. The van der Waals surface area contributed by atoms with Crippen LogP contribution in [0.1, 0.15) is 45.5 Å².